The van der Waals surface area contributed by atoms with Gasteiger partial charge in [-0.15, -0.1) is 0 Å². The fraction of sp³-hybridized carbons (Fsp3) is 0.222. The van der Waals surface area contributed by atoms with E-state index in [-0.39, 0.29) is 17.9 Å². The molecule has 1 amide bonds. The molecule has 0 bridgehead atoms. The van der Waals surface area contributed by atoms with Crippen LogP contribution in [0.1, 0.15) is 17.3 Å². The van der Waals surface area contributed by atoms with E-state index in [9.17, 15) is 22.8 Å². The van der Waals surface area contributed by atoms with Gasteiger partial charge in [-0.2, -0.15) is 13.2 Å². The molecule has 0 aliphatic heterocycles. The largest absolute Gasteiger partial charge is 0.463 e. The summed E-state index contributed by atoms with van der Waals surface area (Å²) in [4.78, 5) is 24.6. The number of anilines is 1. The fourth-order valence-corrected chi connectivity index (χ4v) is 2.20. The molecule has 0 heterocycles. The molecule has 8 heteroatoms. The number of carbonyl (C=O) groups excluding carboxylic acids is 2. The van der Waals surface area contributed by atoms with E-state index < -0.39 is 23.7 Å². The number of benzene rings is 2. The van der Waals surface area contributed by atoms with Crippen LogP contribution in [0.2, 0.25) is 0 Å². The summed E-state index contributed by atoms with van der Waals surface area (Å²) in [5.74, 6) is -2.72. The van der Waals surface area contributed by atoms with Crippen molar-refractivity contribution in [2.45, 2.75) is 18.8 Å². The molecule has 2 aromatic rings. The molecule has 0 radical (unpaired) electrons. The third kappa shape index (κ3) is 4.14. The molecule has 0 fully saturated rings. The fourth-order valence-electron chi connectivity index (χ4n) is 2.20. The highest BCUT2D eigenvalue weighted by Crippen LogP contribution is 2.33. The zero-order valence-electron chi connectivity index (χ0n) is 13.8. The molecule has 0 aromatic heterocycles. The van der Waals surface area contributed by atoms with Crippen molar-refractivity contribution in [3.05, 3.63) is 66.2 Å². The lowest BCUT2D eigenvalue weighted by Gasteiger charge is -2.35. The Morgan fingerprint density at radius 1 is 0.962 bits per heavy atom. The molecule has 0 saturated heterocycles. The van der Waals surface area contributed by atoms with Crippen LogP contribution in [0.15, 0.2) is 60.7 Å². The van der Waals surface area contributed by atoms with Crippen LogP contribution in [0.3, 0.4) is 0 Å². The Balaban J connectivity index is 2.47. The van der Waals surface area contributed by atoms with Gasteiger partial charge in [0.1, 0.15) is 0 Å². The summed E-state index contributed by atoms with van der Waals surface area (Å²) in [6, 6.07) is 14.6. The van der Waals surface area contributed by atoms with Crippen LogP contribution in [0.25, 0.3) is 0 Å². The Morgan fingerprint density at radius 2 is 1.50 bits per heavy atom. The van der Waals surface area contributed by atoms with Gasteiger partial charge in [-0.25, -0.2) is 4.79 Å². The van der Waals surface area contributed by atoms with Crippen molar-refractivity contribution < 1.29 is 27.5 Å². The topological polar surface area (TPSA) is 67.4 Å². The second kappa shape index (κ2) is 7.90. The Kier molecular flexibility index (Phi) is 5.86. The van der Waals surface area contributed by atoms with Gasteiger partial charge in [0.25, 0.3) is 5.91 Å². The lowest BCUT2D eigenvalue weighted by Crippen LogP contribution is -2.69. The highest BCUT2D eigenvalue weighted by atomic mass is 19.4. The second-order valence-electron chi connectivity index (χ2n) is 5.28. The number of esters is 1. The van der Waals surface area contributed by atoms with Crippen molar-refractivity contribution in [2.24, 2.45) is 0 Å². The van der Waals surface area contributed by atoms with Gasteiger partial charge in [0.05, 0.1) is 6.61 Å². The van der Waals surface area contributed by atoms with Gasteiger partial charge in [-0.1, -0.05) is 36.4 Å². The SMILES string of the molecule is CCOC(=O)[C@](NC(=O)c1ccccc1)(Nc1ccccc1)C(F)(F)F. The summed E-state index contributed by atoms with van der Waals surface area (Å²) in [6.45, 7) is 1.09. The van der Waals surface area contributed by atoms with Crippen molar-refractivity contribution in [3.8, 4) is 0 Å². The first-order valence-electron chi connectivity index (χ1n) is 7.75. The first-order valence-corrected chi connectivity index (χ1v) is 7.75. The van der Waals surface area contributed by atoms with Crippen LogP contribution in [0, 0.1) is 0 Å². The zero-order chi connectivity index (χ0) is 19.2. The lowest BCUT2D eigenvalue weighted by molar-refractivity contribution is -0.204. The normalized spacial score (nSPS) is 13.4. The van der Waals surface area contributed by atoms with Crippen molar-refractivity contribution >= 4 is 17.6 Å². The monoisotopic (exact) mass is 366 g/mol. The number of halogens is 3. The number of amides is 1. The third-order valence-electron chi connectivity index (χ3n) is 3.45. The Labute approximate surface area is 148 Å². The predicted octanol–water partition coefficient (Wildman–Crippen LogP) is 3.35. The van der Waals surface area contributed by atoms with Crippen LogP contribution < -0.4 is 10.6 Å². The van der Waals surface area contributed by atoms with Crippen molar-refractivity contribution in [1.82, 2.24) is 5.32 Å². The van der Waals surface area contributed by atoms with E-state index in [0.717, 1.165) is 0 Å². The van der Waals surface area contributed by atoms with E-state index in [1.54, 1.807) is 17.4 Å². The summed E-state index contributed by atoms with van der Waals surface area (Å²) in [7, 11) is 0. The minimum atomic E-state index is -5.17. The summed E-state index contributed by atoms with van der Waals surface area (Å²) in [5.41, 5.74) is -3.47. The van der Waals surface area contributed by atoms with Gasteiger partial charge in [-0.05, 0) is 31.2 Å². The van der Waals surface area contributed by atoms with Crippen LogP contribution in [-0.2, 0) is 9.53 Å². The maximum atomic E-state index is 13.9. The predicted molar refractivity (Wildman–Crippen MR) is 89.4 cm³/mol. The Bertz CT molecular complexity index is 751. The molecule has 2 rings (SSSR count). The number of rotatable bonds is 6. The minimum absolute atomic E-state index is 0.00811. The average molecular weight is 366 g/mol. The van der Waals surface area contributed by atoms with Crippen LogP contribution in [-0.4, -0.2) is 30.3 Å². The summed E-state index contributed by atoms with van der Waals surface area (Å²) in [5, 5.41) is 3.86. The Morgan fingerprint density at radius 3 is 2.00 bits per heavy atom. The highest BCUT2D eigenvalue weighted by Gasteiger charge is 2.63. The van der Waals surface area contributed by atoms with E-state index in [1.807, 2.05) is 0 Å². The number of carbonyl (C=O) groups is 2. The van der Waals surface area contributed by atoms with Gasteiger partial charge >= 0.3 is 17.8 Å². The molecule has 1 atom stereocenters. The zero-order valence-corrected chi connectivity index (χ0v) is 13.8. The number of ether oxygens (including phenoxy) is 1. The number of hydrogen-bond donors (Lipinski definition) is 2. The van der Waals surface area contributed by atoms with Gasteiger partial charge < -0.3 is 15.4 Å². The van der Waals surface area contributed by atoms with Crippen LogP contribution >= 0.6 is 0 Å². The third-order valence-corrected chi connectivity index (χ3v) is 3.45. The molecule has 0 saturated carbocycles. The van der Waals surface area contributed by atoms with Crippen molar-refractivity contribution in [3.63, 3.8) is 0 Å². The van der Waals surface area contributed by atoms with Crippen molar-refractivity contribution in [1.29, 1.82) is 0 Å². The first-order chi connectivity index (χ1) is 12.3. The molecule has 2 aromatic carbocycles. The molecule has 26 heavy (non-hydrogen) atoms. The van der Waals surface area contributed by atoms with Gasteiger partial charge in [0.15, 0.2) is 0 Å². The standard InChI is InChI=1S/C18H17F3N2O3/c1-2-26-16(25)17(18(19,20)21,22-14-11-7-4-8-12-14)23-15(24)13-9-5-3-6-10-13/h3-12,22H,2H2,1H3,(H,23,24)/t17-/m1/s1. The molecule has 138 valence electrons. The maximum absolute atomic E-state index is 13.9. The number of hydrogen-bond acceptors (Lipinski definition) is 4. The van der Waals surface area contributed by atoms with E-state index >= 15 is 0 Å². The molecule has 0 unspecified atom stereocenters. The van der Waals surface area contributed by atoms with Crippen molar-refractivity contribution in [2.75, 3.05) is 11.9 Å². The van der Waals surface area contributed by atoms with Gasteiger partial charge in [0.2, 0.25) is 0 Å². The van der Waals surface area contributed by atoms with Crippen LogP contribution in [0.4, 0.5) is 18.9 Å². The molecule has 5 nitrogen and oxygen atoms in total. The van der Waals surface area contributed by atoms with E-state index in [0.29, 0.717) is 0 Å². The minimum Gasteiger partial charge on any atom is -0.463 e. The van der Waals surface area contributed by atoms with E-state index in [2.05, 4.69) is 10.1 Å². The molecule has 0 aliphatic rings. The Hall–Kier alpha value is -3.03. The summed E-state index contributed by atoms with van der Waals surface area (Å²) >= 11 is 0. The summed E-state index contributed by atoms with van der Waals surface area (Å²) < 4.78 is 46.4. The molecule has 0 aliphatic carbocycles. The number of alkyl halides is 3. The van der Waals surface area contributed by atoms with Gasteiger partial charge in [-0.3, -0.25) is 4.79 Å². The molecular formula is C18H17F3N2O3. The number of para-hydroxylation sites is 1. The first kappa shape index (κ1) is 19.3. The molecule has 0 spiro atoms. The van der Waals surface area contributed by atoms with E-state index in [1.165, 1.54) is 55.5 Å². The number of nitrogens with one attached hydrogen (secondary N) is 2. The second-order valence-corrected chi connectivity index (χ2v) is 5.28. The van der Waals surface area contributed by atoms with E-state index in [4.69, 9.17) is 0 Å². The molecular weight excluding hydrogens is 349 g/mol. The molecule has 2 N–H and O–H groups in total. The van der Waals surface area contributed by atoms with Gasteiger partial charge in [0, 0.05) is 11.3 Å². The lowest BCUT2D eigenvalue weighted by atomic mass is 10.1. The maximum Gasteiger partial charge on any atom is 0.441 e. The van der Waals surface area contributed by atoms with Crippen LogP contribution in [0.5, 0.6) is 0 Å². The quantitative estimate of drug-likeness (QED) is 0.608. The summed E-state index contributed by atoms with van der Waals surface area (Å²) in [6.07, 6.45) is -5.17. The average Bonchev–Trinajstić information content (AvgIpc) is 2.62. The smallest absolute Gasteiger partial charge is 0.441 e. The highest BCUT2D eigenvalue weighted by molar-refractivity contribution is 5.99.